The highest BCUT2D eigenvalue weighted by atomic mass is 32.1. The standard InChI is InChI=1S/C19H18F2N4OS/c20-19(21)9-16(25(12-19)17(26)8-15-6-7-27-11-15)18-23-22-13-24(18)10-14-4-2-1-3-5-14/h1-7,11,13,16H,8-10,12H2/t16-/m0/s1. The van der Waals surface area contributed by atoms with Crippen molar-refractivity contribution < 1.29 is 13.6 Å². The molecule has 0 saturated carbocycles. The minimum atomic E-state index is -2.93. The van der Waals surface area contributed by atoms with Gasteiger partial charge in [0, 0.05) is 6.42 Å². The second-order valence-corrected chi connectivity index (χ2v) is 7.49. The molecule has 3 aromatic rings. The lowest BCUT2D eigenvalue weighted by Gasteiger charge is -2.23. The molecule has 1 fully saturated rings. The van der Waals surface area contributed by atoms with Crippen molar-refractivity contribution in [2.24, 2.45) is 0 Å². The first-order chi connectivity index (χ1) is 13.0. The summed E-state index contributed by atoms with van der Waals surface area (Å²) in [4.78, 5) is 14.0. The molecular formula is C19H18F2N4OS. The maximum atomic E-state index is 14.2. The number of halogens is 2. The fourth-order valence-corrected chi connectivity index (χ4v) is 4.07. The lowest BCUT2D eigenvalue weighted by Crippen LogP contribution is -2.35. The molecule has 0 aliphatic carbocycles. The van der Waals surface area contributed by atoms with Crippen LogP contribution in [0, 0.1) is 0 Å². The molecule has 0 bridgehead atoms. The number of carbonyl (C=O) groups is 1. The van der Waals surface area contributed by atoms with E-state index in [1.807, 2.05) is 47.2 Å². The summed E-state index contributed by atoms with van der Waals surface area (Å²) < 4.78 is 30.1. The zero-order valence-electron chi connectivity index (χ0n) is 14.5. The van der Waals surface area contributed by atoms with Crippen LogP contribution in [0.5, 0.6) is 0 Å². The smallest absolute Gasteiger partial charge is 0.267 e. The number of aromatic nitrogens is 3. The zero-order chi connectivity index (χ0) is 18.9. The van der Waals surface area contributed by atoms with Crippen LogP contribution >= 0.6 is 11.3 Å². The molecule has 1 amide bonds. The van der Waals surface area contributed by atoms with Crippen molar-refractivity contribution in [3.63, 3.8) is 0 Å². The van der Waals surface area contributed by atoms with Crippen LogP contribution in [0.2, 0.25) is 0 Å². The summed E-state index contributed by atoms with van der Waals surface area (Å²) in [5.41, 5.74) is 1.85. The Hall–Kier alpha value is -2.61. The molecular weight excluding hydrogens is 370 g/mol. The second-order valence-electron chi connectivity index (χ2n) is 6.71. The molecule has 5 nitrogen and oxygen atoms in total. The van der Waals surface area contributed by atoms with Crippen molar-refractivity contribution in [3.8, 4) is 0 Å². The molecule has 1 atom stereocenters. The van der Waals surface area contributed by atoms with Crippen molar-refractivity contribution in [3.05, 3.63) is 70.4 Å². The number of nitrogens with zero attached hydrogens (tertiary/aromatic N) is 4. The minimum Gasteiger partial charge on any atom is -0.326 e. The molecule has 1 saturated heterocycles. The van der Waals surface area contributed by atoms with Crippen molar-refractivity contribution in [2.45, 2.75) is 31.4 Å². The highest BCUT2D eigenvalue weighted by molar-refractivity contribution is 7.08. The van der Waals surface area contributed by atoms with Gasteiger partial charge in [0.2, 0.25) is 5.91 Å². The molecule has 0 unspecified atom stereocenters. The third kappa shape index (κ3) is 3.90. The van der Waals surface area contributed by atoms with E-state index in [0.29, 0.717) is 12.4 Å². The van der Waals surface area contributed by atoms with E-state index in [1.54, 1.807) is 4.57 Å². The Kier molecular flexibility index (Phi) is 4.73. The summed E-state index contributed by atoms with van der Waals surface area (Å²) in [6, 6.07) is 10.7. The Labute approximate surface area is 159 Å². The van der Waals surface area contributed by atoms with E-state index in [1.165, 1.54) is 22.6 Å². The largest absolute Gasteiger partial charge is 0.326 e. The summed E-state index contributed by atoms with van der Waals surface area (Å²) >= 11 is 1.48. The van der Waals surface area contributed by atoms with E-state index in [4.69, 9.17) is 0 Å². The van der Waals surface area contributed by atoms with E-state index < -0.39 is 24.9 Å². The number of benzene rings is 1. The third-order valence-corrected chi connectivity index (χ3v) is 5.40. The summed E-state index contributed by atoms with van der Waals surface area (Å²) in [6.45, 7) is -0.114. The average molecular weight is 388 g/mol. The fraction of sp³-hybridized carbons (Fsp3) is 0.316. The Bertz CT molecular complexity index is 911. The van der Waals surface area contributed by atoms with Crippen LogP contribution in [-0.2, 0) is 17.8 Å². The van der Waals surface area contributed by atoms with Gasteiger partial charge in [-0.25, -0.2) is 8.78 Å². The molecule has 0 N–H and O–H groups in total. The van der Waals surface area contributed by atoms with Gasteiger partial charge in [0.25, 0.3) is 5.92 Å². The van der Waals surface area contributed by atoms with E-state index in [0.717, 1.165) is 11.1 Å². The molecule has 0 radical (unpaired) electrons. The maximum absolute atomic E-state index is 14.2. The Morgan fingerprint density at radius 2 is 2.04 bits per heavy atom. The van der Waals surface area contributed by atoms with Crippen molar-refractivity contribution in [1.82, 2.24) is 19.7 Å². The highest BCUT2D eigenvalue weighted by Gasteiger charge is 2.49. The van der Waals surface area contributed by atoms with Crippen LogP contribution in [0.3, 0.4) is 0 Å². The summed E-state index contributed by atoms with van der Waals surface area (Å²) in [5, 5.41) is 11.7. The lowest BCUT2D eigenvalue weighted by atomic mass is 10.1. The summed E-state index contributed by atoms with van der Waals surface area (Å²) in [5.74, 6) is -2.85. The van der Waals surface area contributed by atoms with Gasteiger partial charge in [0.15, 0.2) is 5.82 Å². The number of alkyl halides is 2. The molecule has 1 aliphatic heterocycles. The monoisotopic (exact) mass is 388 g/mol. The molecule has 1 aliphatic rings. The van der Waals surface area contributed by atoms with Gasteiger partial charge in [-0.3, -0.25) is 4.79 Å². The number of hydrogen-bond acceptors (Lipinski definition) is 4. The molecule has 27 heavy (non-hydrogen) atoms. The number of hydrogen-bond donors (Lipinski definition) is 0. The first-order valence-corrected chi connectivity index (χ1v) is 9.56. The Balaban J connectivity index is 1.59. The number of amides is 1. The van der Waals surface area contributed by atoms with Gasteiger partial charge in [-0.05, 0) is 28.0 Å². The number of likely N-dealkylation sites (tertiary alicyclic amines) is 1. The van der Waals surface area contributed by atoms with Gasteiger partial charge in [0.1, 0.15) is 6.33 Å². The van der Waals surface area contributed by atoms with E-state index in [-0.39, 0.29) is 12.3 Å². The van der Waals surface area contributed by atoms with Gasteiger partial charge >= 0.3 is 0 Å². The van der Waals surface area contributed by atoms with Crippen molar-refractivity contribution in [2.75, 3.05) is 6.54 Å². The fourth-order valence-electron chi connectivity index (χ4n) is 3.40. The summed E-state index contributed by atoms with van der Waals surface area (Å²) in [6.07, 6.45) is 1.21. The molecule has 140 valence electrons. The summed E-state index contributed by atoms with van der Waals surface area (Å²) in [7, 11) is 0. The number of carbonyl (C=O) groups excluding carboxylic acids is 1. The van der Waals surface area contributed by atoms with E-state index >= 15 is 0 Å². The van der Waals surface area contributed by atoms with Gasteiger partial charge in [-0.15, -0.1) is 10.2 Å². The minimum absolute atomic E-state index is 0.114. The van der Waals surface area contributed by atoms with Gasteiger partial charge in [0.05, 0.1) is 25.6 Å². The number of thiophene rings is 1. The van der Waals surface area contributed by atoms with Crippen LogP contribution in [0.1, 0.15) is 29.4 Å². The normalized spacial score (nSPS) is 18.7. The molecule has 1 aromatic carbocycles. The average Bonchev–Trinajstić information content (AvgIpc) is 3.36. The highest BCUT2D eigenvalue weighted by Crippen LogP contribution is 2.40. The predicted octanol–water partition coefficient (Wildman–Crippen LogP) is 3.54. The van der Waals surface area contributed by atoms with Crippen molar-refractivity contribution in [1.29, 1.82) is 0 Å². The molecule has 3 heterocycles. The SMILES string of the molecule is O=C(Cc1ccsc1)N1CC(F)(F)C[C@H]1c1nncn1Cc1ccccc1. The first-order valence-electron chi connectivity index (χ1n) is 8.62. The van der Waals surface area contributed by atoms with Crippen LogP contribution < -0.4 is 0 Å². The van der Waals surface area contributed by atoms with Gasteiger partial charge in [-0.1, -0.05) is 30.3 Å². The maximum Gasteiger partial charge on any atom is 0.267 e. The second kappa shape index (κ2) is 7.19. The predicted molar refractivity (Wildman–Crippen MR) is 97.6 cm³/mol. The Morgan fingerprint density at radius 1 is 1.22 bits per heavy atom. The Morgan fingerprint density at radius 3 is 2.78 bits per heavy atom. The first kappa shape index (κ1) is 17.8. The third-order valence-electron chi connectivity index (χ3n) is 4.66. The van der Waals surface area contributed by atoms with Crippen LogP contribution in [-0.4, -0.2) is 38.0 Å². The molecule has 0 spiro atoms. The molecule has 4 rings (SSSR count). The van der Waals surface area contributed by atoms with Crippen LogP contribution in [0.25, 0.3) is 0 Å². The quantitative estimate of drug-likeness (QED) is 0.672. The van der Waals surface area contributed by atoms with Crippen LogP contribution in [0.15, 0.2) is 53.5 Å². The zero-order valence-corrected chi connectivity index (χ0v) is 15.3. The van der Waals surface area contributed by atoms with Crippen LogP contribution in [0.4, 0.5) is 8.78 Å². The van der Waals surface area contributed by atoms with E-state index in [9.17, 15) is 13.6 Å². The van der Waals surface area contributed by atoms with Gasteiger partial charge < -0.3 is 9.47 Å². The van der Waals surface area contributed by atoms with Gasteiger partial charge in [-0.2, -0.15) is 11.3 Å². The lowest BCUT2D eigenvalue weighted by molar-refractivity contribution is -0.132. The topological polar surface area (TPSA) is 51.0 Å². The number of rotatable bonds is 5. The molecule has 8 heteroatoms. The van der Waals surface area contributed by atoms with E-state index in [2.05, 4.69) is 10.2 Å². The van der Waals surface area contributed by atoms with Crippen molar-refractivity contribution >= 4 is 17.2 Å². The molecule has 2 aromatic heterocycles.